The van der Waals surface area contributed by atoms with Gasteiger partial charge >= 0.3 is 0 Å². The van der Waals surface area contributed by atoms with Crippen molar-refractivity contribution in [1.29, 1.82) is 0 Å². The molecule has 0 heterocycles. The lowest BCUT2D eigenvalue weighted by Crippen LogP contribution is -2.50. The molecule has 0 aliphatic rings. The zero-order valence-electron chi connectivity index (χ0n) is 22.1. The van der Waals surface area contributed by atoms with Gasteiger partial charge in [-0.1, -0.05) is 66.7 Å². The van der Waals surface area contributed by atoms with Crippen LogP contribution in [-0.2, 0) is 29.0 Å². The van der Waals surface area contributed by atoms with Crippen LogP contribution < -0.4 is 14.8 Å². The number of carbonyl (C=O) groups excluding carboxylic acids is 2. The van der Waals surface area contributed by atoms with Crippen molar-refractivity contribution in [2.75, 3.05) is 19.8 Å². The molecule has 3 aromatic carbocycles. The van der Waals surface area contributed by atoms with Gasteiger partial charge in [0.05, 0.1) is 13.2 Å². The fourth-order valence-corrected chi connectivity index (χ4v) is 4.27. The van der Waals surface area contributed by atoms with Gasteiger partial charge in [-0.3, -0.25) is 9.59 Å². The normalized spacial score (nSPS) is 11.4. The number of rotatable bonds is 14. The average Bonchev–Trinajstić information content (AvgIpc) is 2.92. The minimum atomic E-state index is -0.616. The number of carbonyl (C=O) groups is 2. The van der Waals surface area contributed by atoms with Crippen LogP contribution in [0, 0.1) is 0 Å². The summed E-state index contributed by atoms with van der Waals surface area (Å²) >= 11 is 0. The zero-order valence-corrected chi connectivity index (χ0v) is 22.1. The summed E-state index contributed by atoms with van der Waals surface area (Å²) in [6.07, 6.45) is 1.25. The average molecular weight is 503 g/mol. The van der Waals surface area contributed by atoms with Crippen LogP contribution in [0.5, 0.6) is 11.5 Å². The van der Waals surface area contributed by atoms with E-state index in [2.05, 4.69) is 5.32 Å². The first-order chi connectivity index (χ1) is 18.0. The molecule has 1 atom stereocenters. The predicted molar refractivity (Wildman–Crippen MR) is 147 cm³/mol. The largest absolute Gasteiger partial charge is 0.490 e. The van der Waals surface area contributed by atoms with Gasteiger partial charge < -0.3 is 19.7 Å². The first-order valence-electron chi connectivity index (χ1n) is 13.1. The smallest absolute Gasteiger partial charge is 0.243 e. The van der Waals surface area contributed by atoms with Crippen LogP contribution in [0.3, 0.4) is 0 Å². The highest BCUT2D eigenvalue weighted by atomic mass is 16.5. The lowest BCUT2D eigenvalue weighted by Gasteiger charge is -2.31. The highest BCUT2D eigenvalue weighted by molar-refractivity contribution is 5.88. The summed E-state index contributed by atoms with van der Waals surface area (Å²) < 4.78 is 11.4. The molecule has 0 saturated heterocycles. The van der Waals surface area contributed by atoms with Crippen molar-refractivity contribution < 1.29 is 19.1 Å². The Morgan fingerprint density at radius 1 is 0.784 bits per heavy atom. The maximum Gasteiger partial charge on any atom is 0.243 e. The number of nitrogens with one attached hydrogen (secondary N) is 1. The van der Waals surface area contributed by atoms with E-state index in [4.69, 9.17) is 9.47 Å². The highest BCUT2D eigenvalue weighted by Gasteiger charge is 2.30. The summed E-state index contributed by atoms with van der Waals surface area (Å²) in [7, 11) is 0. The standard InChI is InChI=1S/C31H38N2O4/c1-4-32-31(35)27(21-24-13-9-7-10-14-24)33(23-26-15-11-8-12-16-26)30(34)20-18-25-17-19-28(36-5-2)29(22-25)37-6-3/h7-17,19,22,27H,4-6,18,20-21,23H2,1-3H3,(H,32,35)/t27-/m0/s1. The van der Waals surface area contributed by atoms with E-state index in [1.165, 1.54) is 0 Å². The van der Waals surface area contributed by atoms with Gasteiger partial charge in [0, 0.05) is 25.9 Å². The molecule has 0 radical (unpaired) electrons. The van der Waals surface area contributed by atoms with Gasteiger partial charge in [0.15, 0.2) is 11.5 Å². The molecule has 0 aliphatic heterocycles. The second kappa shape index (κ2) is 14.7. The van der Waals surface area contributed by atoms with Gasteiger partial charge in [0.25, 0.3) is 0 Å². The van der Waals surface area contributed by atoms with Crippen molar-refractivity contribution in [2.45, 2.75) is 52.6 Å². The van der Waals surface area contributed by atoms with E-state index in [0.29, 0.717) is 50.6 Å². The third kappa shape index (κ3) is 8.38. The Morgan fingerprint density at radius 2 is 1.41 bits per heavy atom. The van der Waals surface area contributed by atoms with Crippen LogP contribution in [0.1, 0.15) is 43.9 Å². The molecule has 3 rings (SSSR count). The fourth-order valence-electron chi connectivity index (χ4n) is 4.27. The van der Waals surface area contributed by atoms with Crippen LogP contribution in [0.25, 0.3) is 0 Å². The molecule has 0 saturated carbocycles. The molecule has 0 aromatic heterocycles. The molecule has 0 bridgehead atoms. The van der Waals surface area contributed by atoms with Crippen molar-refractivity contribution in [3.8, 4) is 11.5 Å². The topological polar surface area (TPSA) is 67.9 Å². The Labute approximate surface area is 220 Å². The lowest BCUT2D eigenvalue weighted by molar-refractivity contribution is -0.141. The maximum atomic E-state index is 13.7. The van der Waals surface area contributed by atoms with Crippen LogP contribution >= 0.6 is 0 Å². The van der Waals surface area contributed by atoms with Crippen LogP contribution in [0.2, 0.25) is 0 Å². The quantitative estimate of drug-likeness (QED) is 0.329. The van der Waals surface area contributed by atoms with E-state index in [1.807, 2.05) is 99.6 Å². The second-order valence-electron chi connectivity index (χ2n) is 8.75. The monoisotopic (exact) mass is 502 g/mol. The number of hydrogen-bond donors (Lipinski definition) is 1. The molecule has 196 valence electrons. The first-order valence-corrected chi connectivity index (χ1v) is 13.1. The summed E-state index contributed by atoms with van der Waals surface area (Å²) in [5.41, 5.74) is 2.98. The van der Waals surface area contributed by atoms with E-state index >= 15 is 0 Å². The van der Waals surface area contributed by atoms with Crippen molar-refractivity contribution in [2.24, 2.45) is 0 Å². The van der Waals surface area contributed by atoms with Gasteiger partial charge in [-0.25, -0.2) is 0 Å². The molecule has 6 heteroatoms. The Hall–Kier alpha value is -3.80. The molecule has 0 unspecified atom stereocenters. The van der Waals surface area contributed by atoms with Gasteiger partial charge in [-0.15, -0.1) is 0 Å². The molecule has 0 spiro atoms. The molecule has 0 aliphatic carbocycles. The second-order valence-corrected chi connectivity index (χ2v) is 8.75. The van der Waals surface area contributed by atoms with Crippen molar-refractivity contribution >= 4 is 11.8 Å². The number of likely N-dealkylation sites (N-methyl/N-ethyl adjacent to an activating group) is 1. The van der Waals surface area contributed by atoms with E-state index in [9.17, 15) is 9.59 Å². The Morgan fingerprint density at radius 3 is 2.03 bits per heavy atom. The van der Waals surface area contributed by atoms with E-state index in [-0.39, 0.29) is 18.2 Å². The van der Waals surface area contributed by atoms with E-state index in [0.717, 1.165) is 16.7 Å². The molecule has 1 N–H and O–H groups in total. The maximum absolute atomic E-state index is 13.7. The summed E-state index contributed by atoms with van der Waals surface area (Å²) in [6, 6.07) is 24.8. The van der Waals surface area contributed by atoms with Gasteiger partial charge in [0.2, 0.25) is 11.8 Å². The van der Waals surface area contributed by atoms with Gasteiger partial charge in [-0.05, 0) is 56.0 Å². The Bertz CT molecular complexity index is 1120. The van der Waals surface area contributed by atoms with Crippen LogP contribution in [-0.4, -0.2) is 42.5 Å². The number of hydrogen-bond acceptors (Lipinski definition) is 4. The number of amides is 2. The molecule has 2 amide bonds. The van der Waals surface area contributed by atoms with Crippen LogP contribution in [0.4, 0.5) is 0 Å². The van der Waals surface area contributed by atoms with E-state index < -0.39 is 6.04 Å². The van der Waals surface area contributed by atoms with Crippen LogP contribution in [0.15, 0.2) is 78.9 Å². The summed E-state index contributed by atoms with van der Waals surface area (Å²) in [4.78, 5) is 28.7. The number of benzene rings is 3. The molecule has 0 fully saturated rings. The third-order valence-corrected chi connectivity index (χ3v) is 6.05. The van der Waals surface area contributed by atoms with E-state index in [1.54, 1.807) is 4.90 Å². The molecule has 37 heavy (non-hydrogen) atoms. The summed E-state index contributed by atoms with van der Waals surface area (Å²) in [5.74, 6) is 1.17. The molecule has 6 nitrogen and oxygen atoms in total. The Balaban J connectivity index is 1.85. The summed E-state index contributed by atoms with van der Waals surface area (Å²) in [5, 5.41) is 2.94. The van der Waals surface area contributed by atoms with Gasteiger partial charge in [-0.2, -0.15) is 0 Å². The first kappa shape index (κ1) is 27.8. The Kier molecular flexibility index (Phi) is 11.0. The van der Waals surface area contributed by atoms with Crippen molar-refractivity contribution in [3.63, 3.8) is 0 Å². The number of ether oxygens (including phenoxy) is 2. The molecular weight excluding hydrogens is 464 g/mol. The van der Waals surface area contributed by atoms with Gasteiger partial charge in [0.1, 0.15) is 6.04 Å². The highest BCUT2D eigenvalue weighted by Crippen LogP contribution is 2.29. The lowest BCUT2D eigenvalue weighted by atomic mass is 10.0. The summed E-state index contributed by atoms with van der Waals surface area (Å²) in [6.45, 7) is 7.70. The third-order valence-electron chi connectivity index (χ3n) is 6.05. The zero-order chi connectivity index (χ0) is 26.5. The minimum absolute atomic E-state index is 0.0668. The molecular formula is C31H38N2O4. The number of nitrogens with zero attached hydrogens (tertiary/aromatic N) is 1. The molecule has 3 aromatic rings. The predicted octanol–water partition coefficient (Wildman–Crippen LogP) is 5.19. The number of aryl methyl sites for hydroxylation is 1. The minimum Gasteiger partial charge on any atom is -0.490 e. The SMILES string of the molecule is CCNC(=O)[C@H](Cc1ccccc1)N(Cc1ccccc1)C(=O)CCc1ccc(OCC)c(OCC)c1. The fraction of sp³-hybridized carbons (Fsp3) is 0.355. The van der Waals surface area contributed by atoms with Crippen molar-refractivity contribution in [1.82, 2.24) is 10.2 Å². The van der Waals surface area contributed by atoms with Crippen molar-refractivity contribution in [3.05, 3.63) is 95.6 Å².